The molecule has 0 N–H and O–H groups in total. The quantitative estimate of drug-likeness (QED) is 0.771. The molecule has 0 radical (unpaired) electrons. The third kappa shape index (κ3) is 5.02. The van der Waals surface area contributed by atoms with Crippen LogP contribution in [0.4, 0.5) is 0 Å². The number of amides is 1. The van der Waals surface area contributed by atoms with E-state index in [1.165, 1.54) is 0 Å². The van der Waals surface area contributed by atoms with Gasteiger partial charge >= 0.3 is 0 Å². The molecule has 150 valence electrons. The van der Waals surface area contributed by atoms with Gasteiger partial charge in [-0.1, -0.05) is 6.07 Å². The zero-order valence-corrected chi connectivity index (χ0v) is 17.0. The van der Waals surface area contributed by atoms with Crippen molar-refractivity contribution in [2.24, 2.45) is 0 Å². The van der Waals surface area contributed by atoms with Gasteiger partial charge in [-0.2, -0.15) is 0 Å². The van der Waals surface area contributed by atoms with Gasteiger partial charge in [0.2, 0.25) is 5.91 Å². The molecule has 1 fully saturated rings. The van der Waals surface area contributed by atoms with Gasteiger partial charge in [-0.3, -0.25) is 9.69 Å². The molecule has 28 heavy (non-hydrogen) atoms. The van der Waals surface area contributed by atoms with Crippen molar-refractivity contribution < 1.29 is 14.3 Å². The number of aryl methyl sites for hydroxylation is 1. The van der Waals surface area contributed by atoms with Crippen molar-refractivity contribution in [3.63, 3.8) is 0 Å². The molecule has 0 unspecified atom stereocenters. The summed E-state index contributed by atoms with van der Waals surface area (Å²) in [7, 11) is 0. The number of ether oxygens (including phenoxy) is 2. The summed E-state index contributed by atoms with van der Waals surface area (Å²) >= 11 is 1.63. The lowest BCUT2D eigenvalue weighted by atomic mass is 10.1. The van der Waals surface area contributed by atoms with E-state index in [1.807, 2.05) is 28.6 Å². The first-order valence-corrected chi connectivity index (χ1v) is 11.0. The van der Waals surface area contributed by atoms with Crippen molar-refractivity contribution in [1.29, 1.82) is 0 Å². The number of aromatic nitrogens is 1. The van der Waals surface area contributed by atoms with Gasteiger partial charge in [0.25, 0.3) is 0 Å². The molecule has 0 atom stereocenters. The van der Waals surface area contributed by atoms with Crippen LogP contribution in [0.3, 0.4) is 0 Å². The molecule has 0 bridgehead atoms. The van der Waals surface area contributed by atoms with Crippen LogP contribution in [0.5, 0.6) is 11.5 Å². The van der Waals surface area contributed by atoms with Gasteiger partial charge in [0, 0.05) is 50.9 Å². The number of thiazole rings is 1. The number of carbonyl (C=O) groups is 1. The predicted molar refractivity (Wildman–Crippen MR) is 109 cm³/mol. The van der Waals surface area contributed by atoms with E-state index < -0.39 is 0 Å². The minimum atomic E-state index is 0.239. The Hall–Kier alpha value is -2.12. The molecule has 1 aromatic heterocycles. The fourth-order valence-corrected chi connectivity index (χ4v) is 4.25. The van der Waals surface area contributed by atoms with Crippen LogP contribution < -0.4 is 9.47 Å². The second-order valence-electron chi connectivity index (χ2n) is 7.32. The van der Waals surface area contributed by atoms with E-state index in [1.54, 1.807) is 11.3 Å². The summed E-state index contributed by atoms with van der Waals surface area (Å²) in [5.74, 6) is 1.85. The lowest BCUT2D eigenvalue weighted by Crippen LogP contribution is -2.35. The third-order valence-corrected chi connectivity index (χ3v) is 5.89. The highest BCUT2D eigenvalue weighted by atomic mass is 32.1. The molecule has 0 aliphatic carbocycles. The number of fused-ring (bicyclic) bond motifs is 1. The van der Waals surface area contributed by atoms with Gasteiger partial charge in [-0.15, -0.1) is 11.3 Å². The Morgan fingerprint density at radius 3 is 2.82 bits per heavy atom. The van der Waals surface area contributed by atoms with Crippen molar-refractivity contribution in [3.05, 3.63) is 40.3 Å². The molecule has 2 aliphatic heterocycles. The fraction of sp³-hybridized carbons (Fsp3) is 0.524. The van der Waals surface area contributed by atoms with E-state index in [0.29, 0.717) is 19.6 Å². The van der Waals surface area contributed by atoms with Gasteiger partial charge in [0.1, 0.15) is 0 Å². The van der Waals surface area contributed by atoms with E-state index in [4.69, 9.17) is 9.47 Å². The monoisotopic (exact) mass is 401 g/mol. The molecule has 1 saturated heterocycles. The average molecular weight is 402 g/mol. The predicted octanol–water partition coefficient (Wildman–Crippen LogP) is 2.97. The highest BCUT2D eigenvalue weighted by Gasteiger charge is 2.20. The maximum absolute atomic E-state index is 12.7. The van der Waals surface area contributed by atoms with Crippen molar-refractivity contribution in [2.75, 3.05) is 39.4 Å². The number of nitrogens with zero attached hydrogens (tertiary/aromatic N) is 3. The lowest BCUT2D eigenvalue weighted by molar-refractivity contribution is -0.131. The molecular weight excluding hydrogens is 374 g/mol. The maximum Gasteiger partial charge on any atom is 0.222 e. The van der Waals surface area contributed by atoms with Crippen LogP contribution in [-0.4, -0.2) is 60.1 Å². The molecule has 2 aromatic rings. The molecule has 1 amide bonds. The van der Waals surface area contributed by atoms with Crippen LogP contribution in [0.1, 0.15) is 30.5 Å². The smallest absolute Gasteiger partial charge is 0.222 e. The Morgan fingerprint density at radius 1 is 1.07 bits per heavy atom. The van der Waals surface area contributed by atoms with Gasteiger partial charge in [-0.25, -0.2) is 4.98 Å². The Kier molecular flexibility index (Phi) is 6.44. The number of rotatable bonds is 5. The average Bonchev–Trinajstić information content (AvgIpc) is 2.97. The standard InChI is InChI=1S/C21H27N3O3S/c25-21(6-4-17-3-5-19-20(13-17)27-12-2-11-26-19)24-8-1-7-23(9-10-24)14-18-15-28-16-22-18/h3,5,13,15-16H,1-2,4,6-12,14H2. The Morgan fingerprint density at radius 2 is 1.96 bits per heavy atom. The normalized spacial score (nSPS) is 17.8. The van der Waals surface area contributed by atoms with Crippen LogP contribution >= 0.6 is 11.3 Å². The molecule has 2 aliphatic rings. The molecular formula is C21H27N3O3S. The van der Waals surface area contributed by atoms with E-state index >= 15 is 0 Å². The van der Waals surface area contributed by atoms with Crippen LogP contribution in [0.2, 0.25) is 0 Å². The minimum Gasteiger partial charge on any atom is -0.490 e. The third-order valence-electron chi connectivity index (χ3n) is 5.25. The highest BCUT2D eigenvalue weighted by Crippen LogP contribution is 2.30. The second-order valence-corrected chi connectivity index (χ2v) is 8.04. The number of hydrogen-bond acceptors (Lipinski definition) is 6. The maximum atomic E-state index is 12.7. The molecule has 0 saturated carbocycles. The van der Waals surface area contributed by atoms with Crippen LogP contribution in [0.25, 0.3) is 0 Å². The number of hydrogen-bond donors (Lipinski definition) is 0. The molecule has 7 heteroatoms. The number of benzene rings is 1. The largest absolute Gasteiger partial charge is 0.490 e. The van der Waals surface area contributed by atoms with Crippen LogP contribution in [0.15, 0.2) is 29.1 Å². The highest BCUT2D eigenvalue weighted by molar-refractivity contribution is 7.07. The fourth-order valence-electron chi connectivity index (χ4n) is 3.70. The summed E-state index contributed by atoms with van der Waals surface area (Å²) in [6.45, 7) is 5.82. The molecule has 0 spiro atoms. The molecule has 4 rings (SSSR count). The molecule has 6 nitrogen and oxygen atoms in total. The SMILES string of the molecule is O=C(CCc1ccc2c(c1)OCCCO2)N1CCCN(Cc2cscn2)CC1. The second kappa shape index (κ2) is 9.39. The first-order chi connectivity index (χ1) is 13.8. The summed E-state index contributed by atoms with van der Waals surface area (Å²) in [6.07, 6.45) is 3.18. The van der Waals surface area contributed by atoms with Crippen LogP contribution in [0, 0.1) is 0 Å². The van der Waals surface area contributed by atoms with E-state index in [2.05, 4.69) is 15.3 Å². The lowest BCUT2D eigenvalue weighted by Gasteiger charge is -2.21. The first-order valence-electron chi connectivity index (χ1n) is 10.0. The Labute approximate surface area is 170 Å². The van der Waals surface area contributed by atoms with Crippen molar-refractivity contribution in [2.45, 2.75) is 32.2 Å². The van der Waals surface area contributed by atoms with Gasteiger partial charge < -0.3 is 14.4 Å². The van der Waals surface area contributed by atoms with Gasteiger partial charge in [0.05, 0.1) is 24.4 Å². The molecule has 1 aromatic carbocycles. The summed E-state index contributed by atoms with van der Waals surface area (Å²) < 4.78 is 11.4. The van der Waals surface area contributed by atoms with E-state index in [9.17, 15) is 4.79 Å². The first kappa shape index (κ1) is 19.2. The topological polar surface area (TPSA) is 54.9 Å². The molecule has 3 heterocycles. The van der Waals surface area contributed by atoms with E-state index in [-0.39, 0.29) is 5.91 Å². The minimum absolute atomic E-state index is 0.239. The zero-order chi connectivity index (χ0) is 19.2. The van der Waals surface area contributed by atoms with Crippen molar-refractivity contribution >= 4 is 17.2 Å². The summed E-state index contributed by atoms with van der Waals surface area (Å²) in [4.78, 5) is 21.5. The Bertz CT molecular complexity index is 781. The Balaban J connectivity index is 1.27. The summed E-state index contributed by atoms with van der Waals surface area (Å²) in [6, 6.07) is 6.02. The summed E-state index contributed by atoms with van der Waals surface area (Å²) in [5.41, 5.74) is 4.12. The zero-order valence-electron chi connectivity index (χ0n) is 16.1. The van der Waals surface area contributed by atoms with Crippen molar-refractivity contribution in [3.8, 4) is 11.5 Å². The van der Waals surface area contributed by atoms with Gasteiger partial charge in [-0.05, 0) is 30.5 Å². The van der Waals surface area contributed by atoms with E-state index in [0.717, 1.165) is 74.7 Å². The van der Waals surface area contributed by atoms with Gasteiger partial charge in [0.15, 0.2) is 11.5 Å². The van der Waals surface area contributed by atoms with Crippen molar-refractivity contribution in [1.82, 2.24) is 14.8 Å². The summed E-state index contributed by atoms with van der Waals surface area (Å²) in [5, 5.41) is 2.10. The van der Waals surface area contributed by atoms with Crippen LogP contribution in [-0.2, 0) is 17.8 Å². The number of carbonyl (C=O) groups excluding carboxylic acids is 1.